The minimum absolute atomic E-state index is 0.0176. The average molecular weight is 386 g/mol. The average Bonchev–Trinajstić information content (AvgIpc) is 2.47. The van der Waals surface area contributed by atoms with Crippen molar-refractivity contribution in [3.63, 3.8) is 0 Å². The molecule has 1 heterocycles. The number of carbonyl (C=O) groups is 2. The largest absolute Gasteiger partial charge is 0.341 e. The van der Waals surface area contributed by atoms with E-state index < -0.39 is 6.04 Å². The lowest BCUT2D eigenvalue weighted by atomic mass is 10.1. The first-order valence-corrected chi connectivity index (χ1v) is 8.01. The molecule has 5 heteroatoms. The molecule has 0 radical (unpaired) electrons. The van der Waals surface area contributed by atoms with Crippen LogP contribution in [0.5, 0.6) is 0 Å². The van der Waals surface area contributed by atoms with Gasteiger partial charge in [0.15, 0.2) is 0 Å². The smallest absolute Gasteiger partial charge is 0.252 e. The van der Waals surface area contributed by atoms with Crippen molar-refractivity contribution in [3.8, 4) is 0 Å². The van der Waals surface area contributed by atoms with Crippen LogP contribution in [0.3, 0.4) is 0 Å². The first kappa shape index (κ1) is 15.3. The lowest BCUT2D eigenvalue weighted by Gasteiger charge is -2.29. The molecule has 4 nitrogen and oxygen atoms in total. The molecule has 0 bridgehead atoms. The maximum absolute atomic E-state index is 12.3. The van der Waals surface area contributed by atoms with Gasteiger partial charge in [0, 0.05) is 16.7 Å². The number of benzene rings is 1. The third-order valence-corrected chi connectivity index (χ3v) is 4.44. The molecule has 1 aromatic carbocycles. The van der Waals surface area contributed by atoms with Crippen LogP contribution < -0.4 is 5.32 Å². The summed E-state index contributed by atoms with van der Waals surface area (Å²) in [6.45, 7) is 3.37. The quantitative estimate of drug-likeness (QED) is 0.812. The van der Waals surface area contributed by atoms with E-state index in [1.807, 2.05) is 23.1 Å². The molecule has 1 N–H and O–H groups in total. The second kappa shape index (κ2) is 7.06. The van der Waals surface area contributed by atoms with E-state index in [9.17, 15) is 9.59 Å². The van der Waals surface area contributed by atoms with Crippen LogP contribution in [0.15, 0.2) is 24.3 Å². The highest BCUT2D eigenvalue weighted by Crippen LogP contribution is 2.13. The number of amides is 2. The number of nitrogens with zero attached hydrogens (tertiary/aromatic N) is 1. The molecule has 1 aliphatic heterocycles. The highest BCUT2D eigenvalue weighted by atomic mass is 127. The third kappa shape index (κ3) is 3.71. The van der Waals surface area contributed by atoms with Crippen molar-refractivity contribution in [2.45, 2.75) is 32.2 Å². The van der Waals surface area contributed by atoms with Gasteiger partial charge in [-0.3, -0.25) is 9.59 Å². The molecule has 1 unspecified atom stereocenters. The molecule has 2 rings (SSSR count). The number of nitrogens with one attached hydrogen (secondary N) is 1. The van der Waals surface area contributed by atoms with Crippen molar-refractivity contribution < 1.29 is 9.59 Å². The Morgan fingerprint density at radius 3 is 2.50 bits per heavy atom. The van der Waals surface area contributed by atoms with Crippen LogP contribution in [0.2, 0.25) is 0 Å². The van der Waals surface area contributed by atoms with Crippen molar-refractivity contribution in [3.05, 3.63) is 33.4 Å². The number of piperidine rings is 1. The molecule has 1 aromatic rings. The zero-order chi connectivity index (χ0) is 14.5. The van der Waals surface area contributed by atoms with Gasteiger partial charge in [0.2, 0.25) is 5.91 Å². The topological polar surface area (TPSA) is 49.4 Å². The van der Waals surface area contributed by atoms with Gasteiger partial charge in [-0.15, -0.1) is 0 Å². The summed E-state index contributed by atoms with van der Waals surface area (Å²) in [7, 11) is 0. The number of likely N-dealkylation sites (tertiary alicyclic amines) is 1. The highest BCUT2D eigenvalue weighted by Gasteiger charge is 2.24. The molecule has 1 saturated heterocycles. The normalized spacial score (nSPS) is 16.6. The Labute approximate surface area is 133 Å². The zero-order valence-corrected chi connectivity index (χ0v) is 13.7. The standard InChI is InChI=1S/C15H19IN2O2/c1-11(15(20)18-9-5-2-6-10-18)17-14(19)12-7-3-4-8-13(12)16/h3-4,7-8,11H,2,5-6,9-10H2,1H3,(H,17,19). The van der Waals surface area contributed by atoms with Crippen molar-refractivity contribution in [1.82, 2.24) is 10.2 Å². The van der Waals surface area contributed by atoms with Gasteiger partial charge in [-0.2, -0.15) is 0 Å². The summed E-state index contributed by atoms with van der Waals surface area (Å²) < 4.78 is 0.889. The molecule has 20 heavy (non-hydrogen) atoms. The first-order chi connectivity index (χ1) is 9.59. The summed E-state index contributed by atoms with van der Waals surface area (Å²) in [5.74, 6) is -0.170. The third-order valence-electron chi connectivity index (χ3n) is 3.50. The Balaban J connectivity index is 1.97. The molecule has 0 aromatic heterocycles. The molecule has 2 amide bonds. The van der Waals surface area contributed by atoms with Crippen LogP contribution in [0.4, 0.5) is 0 Å². The number of hydrogen-bond acceptors (Lipinski definition) is 2. The van der Waals surface area contributed by atoms with E-state index in [0.717, 1.165) is 29.5 Å². The number of rotatable bonds is 3. The van der Waals surface area contributed by atoms with Crippen molar-refractivity contribution in [1.29, 1.82) is 0 Å². The van der Waals surface area contributed by atoms with Gasteiger partial charge in [0.25, 0.3) is 5.91 Å². The number of carbonyl (C=O) groups excluding carboxylic acids is 2. The fourth-order valence-electron chi connectivity index (χ4n) is 2.37. The Morgan fingerprint density at radius 1 is 1.20 bits per heavy atom. The van der Waals surface area contributed by atoms with E-state index in [0.29, 0.717) is 5.56 Å². The van der Waals surface area contributed by atoms with E-state index in [-0.39, 0.29) is 11.8 Å². The maximum Gasteiger partial charge on any atom is 0.252 e. The van der Waals surface area contributed by atoms with Gasteiger partial charge in [0.1, 0.15) is 6.04 Å². The van der Waals surface area contributed by atoms with Crippen LogP contribution >= 0.6 is 22.6 Å². The van der Waals surface area contributed by atoms with Gasteiger partial charge >= 0.3 is 0 Å². The van der Waals surface area contributed by atoms with Crippen LogP contribution in [-0.4, -0.2) is 35.8 Å². The summed E-state index contributed by atoms with van der Waals surface area (Å²) in [5, 5.41) is 2.80. The number of halogens is 1. The molecule has 0 aliphatic carbocycles. The first-order valence-electron chi connectivity index (χ1n) is 6.94. The molecule has 1 fully saturated rings. The SMILES string of the molecule is CC(NC(=O)c1ccccc1I)C(=O)N1CCCCC1. The second-order valence-corrected chi connectivity index (χ2v) is 6.22. The van der Waals surface area contributed by atoms with Gasteiger partial charge in [-0.1, -0.05) is 12.1 Å². The van der Waals surface area contributed by atoms with Gasteiger partial charge < -0.3 is 10.2 Å². The van der Waals surface area contributed by atoms with Gasteiger partial charge in [0.05, 0.1) is 5.56 Å². The van der Waals surface area contributed by atoms with Crippen LogP contribution in [0.25, 0.3) is 0 Å². The van der Waals surface area contributed by atoms with E-state index >= 15 is 0 Å². The van der Waals surface area contributed by atoms with Gasteiger partial charge in [-0.05, 0) is 60.9 Å². The maximum atomic E-state index is 12.3. The number of hydrogen-bond donors (Lipinski definition) is 1. The summed E-state index contributed by atoms with van der Waals surface area (Å²) in [6, 6.07) is 6.90. The Morgan fingerprint density at radius 2 is 1.85 bits per heavy atom. The monoisotopic (exact) mass is 386 g/mol. The summed E-state index contributed by atoms with van der Waals surface area (Å²) in [4.78, 5) is 26.3. The lowest BCUT2D eigenvalue weighted by Crippen LogP contribution is -2.48. The fourth-order valence-corrected chi connectivity index (χ4v) is 3.00. The molecule has 108 valence electrons. The van der Waals surface area contributed by atoms with Crippen molar-refractivity contribution in [2.24, 2.45) is 0 Å². The van der Waals surface area contributed by atoms with E-state index in [1.165, 1.54) is 6.42 Å². The predicted octanol–water partition coefficient (Wildman–Crippen LogP) is 2.42. The Kier molecular flexibility index (Phi) is 5.39. The van der Waals surface area contributed by atoms with E-state index in [1.54, 1.807) is 13.0 Å². The van der Waals surface area contributed by atoms with E-state index in [2.05, 4.69) is 27.9 Å². The Bertz CT molecular complexity index is 498. The van der Waals surface area contributed by atoms with Crippen molar-refractivity contribution in [2.75, 3.05) is 13.1 Å². The molecule has 0 saturated carbocycles. The summed E-state index contributed by atoms with van der Waals surface area (Å²) in [5.41, 5.74) is 0.617. The molecule has 1 atom stereocenters. The minimum Gasteiger partial charge on any atom is -0.341 e. The second-order valence-electron chi connectivity index (χ2n) is 5.06. The van der Waals surface area contributed by atoms with Gasteiger partial charge in [-0.25, -0.2) is 0 Å². The van der Waals surface area contributed by atoms with Crippen LogP contribution in [0, 0.1) is 3.57 Å². The molecule has 1 aliphatic rings. The highest BCUT2D eigenvalue weighted by molar-refractivity contribution is 14.1. The van der Waals surface area contributed by atoms with Crippen molar-refractivity contribution >= 4 is 34.4 Å². The lowest BCUT2D eigenvalue weighted by molar-refractivity contribution is -0.133. The molecule has 0 spiro atoms. The Hall–Kier alpha value is -1.11. The van der Waals surface area contributed by atoms with Crippen LogP contribution in [0.1, 0.15) is 36.5 Å². The summed E-state index contributed by atoms with van der Waals surface area (Å²) >= 11 is 2.13. The predicted molar refractivity (Wildman–Crippen MR) is 86.5 cm³/mol. The van der Waals surface area contributed by atoms with Crippen LogP contribution in [-0.2, 0) is 4.79 Å². The van der Waals surface area contributed by atoms with E-state index in [4.69, 9.17) is 0 Å². The summed E-state index contributed by atoms with van der Waals surface area (Å²) in [6.07, 6.45) is 3.30. The fraction of sp³-hybridized carbons (Fsp3) is 0.467. The molecular formula is C15H19IN2O2. The minimum atomic E-state index is -0.475. The molecular weight excluding hydrogens is 367 g/mol. The zero-order valence-electron chi connectivity index (χ0n) is 11.6.